The van der Waals surface area contributed by atoms with Gasteiger partial charge in [-0.3, -0.25) is 4.79 Å². The molecule has 98 valence electrons. The minimum Gasteiger partial charge on any atom is -0.508 e. The van der Waals surface area contributed by atoms with Crippen molar-refractivity contribution in [1.29, 1.82) is 0 Å². The number of carbonyl (C=O) groups is 1. The third kappa shape index (κ3) is 3.43. The average molecular weight is 294 g/mol. The van der Waals surface area contributed by atoms with E-state index in [4.69, 9.17) is 11.6 Å². The number of rotatable bonds is 3. The Hall–Kier alpha value is -1.65. The highest BCUT2D eigenvalue weighted by Crippen LogP contribution is 2.23. The number of benzene rings is 2. The van der Waals surface area contributed by atoms with Gasteiger partial charge in [-0.15, -0.1) is 11.8 Å². The summed E-state index contributed by atoms with van der Waals surface area (Å²) >= 11 is 7.56. The molecule has 2 aromatic carbocycles. The van der Waals surface area contributed by atoms with Crippen LogP contribution in [0.25, 0.3) is 0 Å². The molecule has 0 aromatic heterocycles. The van der Waals surface area contributed by atoms with Crippen LogP contribution in [0.15, 0.2) is 47.4 Å². The molecular formula is C14H12ClNO2S. The molecule has 2 rings (SSSR count). The zero-order valence-electron chi connectivity index (χ0n) is 10.2. The summed E-state index contributed by atoms with van der Waals surface area (Å²) in [6.45, 7) is 0. The van der Waals surface area contributed by atoms with E-state index in [1.807, 2.05) is 30.5 Å². The molecule has 19 heavy (non-hydrogen) atoms. The van der Waals surface area contributed by atoms with Gasteiger partial charge >= 0.3 is 0 Å². The van der Waals surface area contributed by atoms with Crippen LogP contribution in [0.4, 0.5) is 5.69 Å². The van der Waals surface area contributed by atoms with Crippen LogP contribution in [0.1, 0.15) is 10.4 Å². The Labute approximate surface area is 120 Å². The molecule has 0 aliphatic heterocycles. The van der Waals surface area contributed by atoms with Crippen LogP contribution in [0.2, 0.25) is 5.02 Å². The Morgan fingerprint density at radius 1 is 1.21 bits per heavy atom. The fourth-order valence-electron chi connectivity index (χ4n) is 1.56. The third-order valence-corrected chi connectivity index (χ3v) is 3.62. The molecule has 0 unspecified atom stereocenters. The number of amides is 1. The summed E-state index contributed by atoms with van der Waals surface area (Å²) in [7, 11) is 0. The topological polar surface area (TPSA) is 49.3 Å². The molecule has 0 heterocycles. The molecule has 0 saturated carbocycles. The lowest BCUT2D eigenvalue weighted by Crippen LogP contribution is -2.12. The van der Waals surface area contributed by atoms with Crippen molar-refractivity contribution in [2.45, 2.75) is 4.90 Å². The molecule has 0 fully saturated rings. The first-order valence-corrected chi connectivity index (χ1v) is 7.14. The number of carbonyl (C=O) groups excluding carboxylic acids is 1. The smallest absolute Gasteiger partial charge is 0.257 e. The number of aromatic hydroxyl groups is 1. The maximum absolute atomic E-state index is 12.0. The van der Waals surface area contributed by atoms with Crippen LogP contribution in [0, 0.1) is 0 Å². The van der Waals surface area contributed by atoms with Crippen molar-refractivity contribution in [2.24, 2.45) is 0 Å². The molecular weight excluding hydrogens is 282 g/mol. The van der Waals surface area contributed by atoms with Gasteiger partial charge in [0.05, 0.1) is 10.6 Å². The number of nitrogens with one attached hydrogen (secondary N) is 1. The lowest BCUT2D eigenvalue weighted by atomic mass is 10.2. The zero-order chi connectivity index (χ0) is 13.8. The molecule has 2 aromatic rings. The van der Waals surface area contributed by atoms with E-state index in [0.717, 1.165) is 4.90 Å². The number of halogens is 1. The van der Waals surface area contributed by atoms with E-state index < -0.39 is 0 Å². The van der Waals surface area contributed by atoms with Gasteiger partial charge in [0.25, 0.3) is 5.91 Å². The number of hydrogen-bond acceptors (Lipinski definition) is 3. The van der Waals surface area contributed by atoms with Crippen molar-refractivity contribution in [3.8, 4) is 5.75 Å². The molecule has 3 nitrogen and oxygen atoms in total. The summed E-state index contributed by atoms with van der Waals surface area (Å²) < 4.78 is 0. The van der Waals surface area contributed by atoms with E-state index in [1.54, 1.807) is 11.8 Å². The van der Waals surface area contributed by atoms with Crippen molar-refractivity contribution in [3.63, 3.8) is 0 Å². The van der Waals surface area contributed by atoms with Crippen molar-refractivity contribution < 1.29 is 9.90 Å². The molecule has 5 heteroatoms. The Bertz CT molecular complexity index is 599. The molecule has 0 saturated heterocycles. The van der Waals surface area contributed by atoms with Gasteiger partial charge in [-0.1, -0.05) is 11.6 Å². The van der Waals surface area contributed by atoms with Crippen molar-refractivity contribution in [1.82, 2.24) is 0 Å². The van der Waals surface area contributed by atoms with Crippen LogP contribution >= 0.6 is 23.4 Å². The molecule has 2 N–H and O–H groups in total. The van der Waals surface area contributed by atoms with Crippen molar-refractivity contribution in [3.05, 3.63) is 53.1 Å². The van der Waals surface area contributed by atoms with Gasteiger partial charge in [0.15, 0.2) is 0 Å². The quantitative estimate of drug-likeness (QED) is 0.840. The predicted molar refractivity (Wildman–Crippen MR) is 79.3 cm³/mol. The summed E-state index contributed by atoms with van der Waals surface area (Å²) in [5.41, 5.74) is 0.929. The van der Waals surface area contributed by atoms with Gasteiger partial charge in [-0.05, 0) is 48.7 Å². The highest BCUT2D eigenvalue weighted by atomic mass is 35.5. The largest absolute Gasteiger partial charge is 0.508 e. The monoisotopic (exact) mass is 293 g/mol. The first kappa shape index (κ1) is 13.8. The number of phenolic OH excluding ortho intramolecular Hbond substituents is 1. The van der Waals surface area contributed by atoms with Gasteiger partial charge in [0, 0.05) is 10.6 Å². The van der Waals surface area contributed by atoms with Gasteiger partial charge in [0.2, 0.25) is 0 Å². The second-order valence-corrected chi connectivity index (χ2v) is 5.13. The van der Waals surface area contributed by atoms with Crippen LogP contribution < -0.4 is 5.32 Å². The minimum absolute atomic E-state index is 0.00674. The van der Waals surface area contributed by atoms with Gasteiger partial charge in [-0.2, -0.15) is 0 Å². The number of phenols is 1. The highest BCUT2D eigenvalue weighted by molar-refractivity contribution is 7.98. The first-order valence-electron chi connectivity index (χ1n) is 5.54. The SMILES string of the molecule is CSc1ccc(NC(=O)c2cc(O)ccc2Cl)cc1. The highest BCUT2D eigenvalue weighted by Gasteiger charge is 2.11. The second kappa shape index (κ2) is 5.99. The lowest BCUT2D eigenvalue weighted by molar-refractivity contribution is 0.102. The van der Waals surface area contributed by atoms with Crippen molar-refractivity contribution >= 4 is 35.0 Å². The summed E-state index contributed by atoms with van der Waals surface area (Å²) in [6, 6.07) is 11.7. The maximum Gasteiger partial charge on any atom is 0.257 e. The van der Waals surface area contributed by atoms with Gasteiger partial charge in [-0.25, -0.2) is 0 Å². The number of anilines is 1. The zero-order valence-corrected chi connectivity index (χ0v) is 11.8. The Morgan fingerprint density at radius 3 is 2.53 bits per heavy atom. The fraction of sp³-hybridized carbons (Fsp3) is 0.0714. The molecule has 0 bridgehead atoms. The van der Waals surface area contributed by atoms with E-state index in [-0.39, 0.29) is 17.2 Å². The normalized spacial score (nSPS) is 10.2. The molecule has 0 aliphatic rings. The summed E-state index contributed by atoms with van der Waals surface area (Å²) in [5, 5.41) is 12.4. The predicted octanol–water partition coefficient (Wildman–Crippen LogP) is 4.02. The maximum atomic E-state index is 12.0. The van der Waals surface area contributed by atoms with E-state index >= 15 is 0 Å². The van der Waals surface area contributed by atoms with Crippen LogP contribution in [0.5, 0.6) is 5.75 Å². The minimum atomic E-state index is -0.349. The Morgan fingerprint density at radius 2 is 1.89 bits per heavy atom. The van der Waals surface area contributed by atoms with Crippen LogP contribution in [0.3, 0.4) is 0 Å². The summed E-state index contributed by atoms with van der Waals surface area (Å²) in [6.07, 6.45) is 1.99. The molecule has 0 atom stereocenters. The van der Waals surface area contributed by atoms with Crippen LogP contribution in [-0.4, -0.2) is 17.3 Å². The second-order valence-electron chi connectivity index (χ2n) is 3.85. The van der Waals surface area contributed by atoms with Crippen molar-refractivity contribution in [2.75, 3.05) is 11.6 Å². The van der Waals surface area contributed by atoms with E-state index in [1.165, 1.54) is 18.2 Å². The summed E-state index contributed by atoms with van der Waals surface area (Å²) in [5.74, 6) is -0.343. The molecule has 0 aliphatic carbocycles. The van der Waals surface area contributed by atoms with Gasteiger partial charge in [0.1, 0.15) is 5.75 Å². The number of hydrogen-bond donors (Lipinski definition) is 2. The molecule has 0 spiro atoms. The fourth-order valence-corrected chi connectivity index (χ4v) is 2.17. The van der Waals surface area contributed by atoms with E-state index in [9.17, 15) is 9.90 Å². The standard InChI is InChI=1S/C14H12ClNO2S/c1-19-11-5-2-9(3-6-11)16-14(18)12-8-10(17)4-7-13(12)15/h2-8,17H,1H3,(H,16,18). The Balaban J connectivity index is 2.18. The van der Waals surface area contributed by atoms with Gasteiger partial charge < -0.3 is 10.4 Å². The Kier molecular flexibility index (Phi) is 4.35. The molecule has 1 amide bonds. The lowest BCUT2D eigenvalue weighted by Gasteiger charge is -2.07. The van der Waals surface area contributed by atoms with E-state index in [0.29, 0.717) is 10.7 Å². The number of thioether (sulfide) groups is 1. The summed E-state index contributed by atoms with van der Waals surface area (Å²) in [4.78, 5) is 13.1. The first-order chi connectivity index (χ1) is 9.10. The van der Waals surface area contributed by atoms with Crippen LogP contribution in [-0.2, 0) is 0 Å². The molecule has 0 radical (unpaired) electrons. The van der Waals surface area contributed by atoms with E-state index in [2.05, 4.69) is 5.32 Å². The third-order valence-electron chi connectivity index (χ3n) is 2.54. The average Bonchev–Trinajstić information content (AvgIpc) is 2.42.